The van der Waals surface area contributed by atoms with Crippen molar-refractivity contribution in [2.75, 3.05) is 0 Å². The number of fused-ring (bicyclic) bond motifs is 1. The number of aromatic amines is 1. The van der Waals surface area contributed by atoms with Crippen LogP contribution < -0.4 is 0 Å². The minimum absolute atomic E-state index is 0.106. The van der Waals surface area contributed by atoms with Crippen molar-refractivity contribution in [2.45, 2.75) is 46.5 Å². The van der Waals surface area contributed by atoms with Crippen LogP contribution >= 0.6 is 0 Å². The summed E-state index contributed by atoms with van der Waals surface area (Å²) in [5.74, 6) is 0. The third-order valence-corrected chi connectivity index (χ3v) is 3.06. The molecule has 0 aliphatic carbocycles. The van der Waals surface area contributed by atoms with Gasteiger partial charge >= 0.3 is 0 Å². The van der Waals surface area contributed by atoms with Gasteiger partial charge < -0.3 is 0 Å². The van der Waals surface area contributed by atoms with E-state index in [1.807, 2.05) is 6.07 Å². The Morgan fingerprint density at radius 1 is 1.12 bits per heavy atom. The van der Waals surface area contributed by atoms with Crippen molar-refractivity contribution in [3.8, 4) is 0 Å². The van der Waals surface area contributed by atoms with Crippen molar-refractivity contribution >= 4 is 11.0 Å². The van der Waals surface area contributed by atoms with Crippen LogP contribution in [0.2, 0.25) is 0 Å². The van der Waals surface area contributed by atoms with Gasteiger partial charge in [0.1, 0.15) is 5.52 Å². The summed E-state index contributed by atoms with van der Waals surface area (Å²) in [6.07, 6.45) is 1.12. The van der Waals surface area contributed by atoms with E-state index in [4.69, 9.17) is 0 Å². The smallest absolute Gasteiger partial charge is 0.116 e. The van der Waals surface area contributed by atoms with E-state index in [0.717, 1.165) is 17.5 Å². The molecule has 0 saturated carbocycles. The molecule has 92 valence electrons. The molecule has 1 N–H and O–H groups in total. The number of rotatable bonds is 2. The average Bonchev–Trinajstić information content (AvgIpc) is 2.60. The van der Waals surface area contributed by atoms with Crippen LogP contribution in [-0.4, -0.2) is 15.4 Å². The number of hydrogen-bond acceptors (Lipinski definition) is 2. The lowest BCUT2D eigenvalue weighted by atomic mass is 9.72. The molecule has 0 unspecified atom stereocenters. The maximum Gasteiger partial charge on any atom is 0.116 e. The number of benzene rings is 1. The number of hydrogen-bond donors (Lipinski definition) is 1. The van der Waals surface area contributed by atoms with E-state index in [1.165, 1.54) is 5.56 Å². The fraction of sp³-hybridized carbons (Fsp3) is 0.571. The molecule has 0 saturated heterocycles. The van der Waals surface area contributed by atoms with Crippen LogP contribution in [0.3, 0.4) is 0 Å². The van der Waals surface area contributed by atoms with Gasteiger partial charge in [-0.05, 0) is 28.9 Å². The zero-order valence-corrected chi connectivity index (χ0v) is 11.3. The Bertz CT molecular complexity index is 517. The van der Waals surface area contributed by atoms with E-state index >= 15 is 0 Å². The zero-order valence-electron chi connectivity index (χ0n) is 11.3. The summed E-state index contributed by atoms with van der Waals surface area (Å²) in [7, 11) is 0. The highest BCUT2D eigenvalue weighted by molar-refractivity contribution is 5.78. The second-order valence-corrected chi connectivity index (χ2v) is 6.63. The molecule has 0 bridgehead atoms. The van der Waals surface area contributed by atoms with Crippen LogP contribution in [0.4, 0.5) is 0 Å². The SMILES string of the molecule is CC(C)(C)CC(C)(C)c1cccc2[nH]nnc12. The average molecular weight is 231 g/mol. The first-order valence-electron chi connectivity index (χ1n) is 6.10. The van der Waals surface area contributed by atoms with Crippen LogP contribution in [0.15, 0.2) is 18.2 Å². The summed E-state index contributed by atoms with van der Waals surface area (Å²) in [5.41, 5.74) is 3.70. The molecule has 17 heavy (non-hydrogen) atoms. The van der Waals surface area contributed by atoms with Gasteiger partial charge in [-0.25, -0.2) is 0 Å². The fourth-order valence-electron chi connectivity index (χ4n) is 2.84. The van der Waals surface area contributed by atoms with E-state index in [9.17, 15) is 0 Å². The first-order chi connectivity index (χ1) is 7.80. The van der Waals surface area contributed by atoms with Gasteiger partial charge in [-0.2, -0.15) is 0 Å². The molecule has 0 radical (unpaired) electrons. The molecule has 2 rings (SSSR count). The predicted molar refractivity (Wildman–Crippen MR) is 71.0 cm³/mol. The van der Waals surface area contributed by atoms with Crippen molar-refractivity contribution in [3.63, 3.8) is 0 Å². The molecule has 0 fully saturated rings. The van der Waals surface area contributed by atoms with Crippen molar-refractivity contribution < 1.29 is 0 Å². The highest BCUT2D eigenvalue weighted by atomic mass is 15.3. The topological polar surface area (TPSA) is 41.6 Å². The van der Waals surface area contributed by atoms with Crippen LogP contribution in [-0.2, 0) is 5.41 Å². The summed E-state index contributed by atoms with van der Waals surface area (Å²) in [4.78, 5) is 0. The lowest BCUT2D eigenvalue weighted by Crippen LogP contribution is -2.25. The molecular weight excluding hydrogens is 210 g/mol. The van der Waals surface area contributed by atoms with Gasteiger partial charge in [-0.3, -0.25) is 5.10 Å². The van der Waals surface area contributed by atoms with Crippen LogP contribution in [0.1, 0.15) is 46.6 Å². The Kier molecular flexibility index (Phi) is 2.72. The van der Waals surface area contributed by atoms with Gasteiger partial charge in [0.2, 0.25) is 0 Å². The van der Waals surface area contributed by atoms with Crippen molar-refractivity contribution in [1.82, 2.24) is 15.4 Å². The van der Waals surface area contributed by atoms with Crippen LogP contribution in [0.5, 0.6) is 0 Å². The normalized spacial score (nSPS) is 13.2. The van der Waals surface area contributed by atoms with Crippen molar-refractivity contribution in [3.05, 3.63) is 23.8 Å². The molecule has 2 aromatic rings. The van der Waals surface area contributed by atoms with E-state index in [0.29, 0.717) is 5.41 Å². The summed E-state index contributed by atoms with van der Waals surface area (Å²) in [6, 6.07) is 6.25. The molecule has 3 heteroatoms. The summed E-state index contributed by atoms with van der Waals surface area (Å²) in [5, 5.41) is 11.0. The molecule has 3 nitrogen and oxygen atoms in total. The standard InChI is InChI=1S/C14H21N3/c1-13(2,3)9-14(4,5)10-7-6-8-11-12(10)16-17-15-11/h6-8H,9H2,1-5H3,(H,15,16,17). The molecule has 0 atom stereocenters. The maximum absolute atomic E-state index is 4.21. The summed E-state index contributed by atoms with van der Waals surface area (Å²) >= 11 is 0. The highest BCUT2D eigenvalue weighted by Gasteiger charge is 2.29. The lowest BCUT2D eigenvalue weighted by Gasteiger charge is -2.32. The fourth-order valence-corrected chi connectivity index (χ4v) is 2.84. The Hall–Kier alpha value is -1.38. The van der Waals surface area contributed by atoms with Crippen molar-refractivity contribution in [2.24, 2.45) is 5.41 Å². The van der Waals surface area contributed by atoms with Gasteiger partial charge in [0.15, 0.2) is 0 Å². The minimum Gasteiger partial charge on any atom is -0.258 e. The molecule has 0 amide bonds. The molecule has 0 spiro atoms. The van der Waals surface area contributed by atoms with Crippen molar-refractivity contribution in [1.29, 1.82) is 0 Å². The number of nitrogens with zero attached hydrogens (tertiary/aromatic N) is 2. The second-order valence-electron chi connectivity index (χ2n) is 6.63. The monoisotopic (exact) mass is 231 g/mol. The number of nitrogens with one attached hydrogen (secondary N) is 1. The second kappa shape index (κ2) is 3.83. The quantitative estimate of drug-likeness (QED) is 0.856. The molecule has 1 aromatic heterocycles. The summed E-state index contributed by atoms with van der Waals surface area (Å²) in [6.45, 7) is 11.4. The van der Waals surface area contributed by atoms with Gasteiger partial charge in [-0.1, -0.05) is 52.0 Å². The Morgan fingerprint density at radius 2 is 1.82 bits per heavy atom. The molecule has 0 aliphatic heterocycles. The van der Waals surface area contributed by atoms with E-state index in [1.54, 1.807) is 0 Å². The number of aromatic nitrogens is 3. The zero-order chi connectivity index (χ0) is 12.7. The third-order valence-electron chi connectivity index (χ3n) is 3.06. The third kappa shape index (κ3) is 2.48. The van der Waals surface area contributed by atoms with Gasteiger partial charge in [-0.15, -0.1) is 5.10 Å². The summed E-state index contributed by atoms with van der Waals surface area (Å²) < 4.78 is 0. The molecule has 1 heterocycles. The highest BCUT2D eigenvalue weighted by Crippen LogP contribution is 2.38. The first kappa shape index (κ1) is 12.1. The Morgan fingerprint density at radius 3 is 2.47 bits per heavy atom. The van der Waals surface area contributed by atoms with E-state index in [2.05, 4.69) is 62.2 Å². The Balaban J connectivity index is 2.48. The van der Waals surface area contributed by atoms with Crippen LogP contribution in [0.25, 0.3) is 11.0 Å². The number of H-pyrrole nitrogens is 1. The molecule has 1 aromatic carbocycles. The molecule has 0 aliphatic rings. The molecular formula is C14H21N3. The largest absolute Gasteiger partial charge is 0.258 e. The minimum atomic E-state index is 0.106. The van der Waals surface area contributed by atoms with Gasteiger partial charge in [0.05, 0.1) is 5.52 Å². The van der Waals surface area contributed by atoms with Gasteiger partial charge in [0, 0.05) is 0 Å². The Labute approximate surface area is 103 Å². The lowest BCUT2D eigenvalue weighted by molar-refractivity contribution is 0.285. The predicted octanol–water partition coefficient (Wildman–Crippen LogP) is 3.67. The maximum atomic E-state index is 4.21. The van der Waals surface area contributed by atoms with Gasteiger partial charge in [0.25, 0.3) is 0 Å². The van der Waals surface area contributed by atoms with E-state index in [-0.39, 0.29) is 5.41 Å². The van der Waals surface area contributed by atoms with Crippen LogP contribution in [0, 0.1) is 5.41 Å². The first-order valence-corrected chi connectivity index (χ1v) is 6.10. The van der Waals surface area contributed by atoms with E-state index < -0.39 is 0 Å².